The molecular formula is C27H30FN3O5. The minimum Gasteiger partial charge on any atom is -0.488 e. The highest BCUT2D eigenvalue weighted by Gasteiger charge is 2.40. The topological polar surface area (TPSA) is 88.2 Å². The van der Waals surface area contributed by atoms with E-state index in [1.807, 2.05) is 6.07 Å². The largest absolute Gasteiger partial charge is 0.488 e. The van der Waals surface area contributed by atoms with Gasteiger partial charge in [0.25, 0.3) is 5.91 Å². The first kappa shape index (κ1) is 24.4. The molecule has 190 valence electrons. The fourth-order valence-corrected chi connectivity index (χ4v) is 5.36. The number of fused-ring (bicyclic) bond motifs is 1. The van der Waals surface area contributed by atoms with Crippen LogP contribution < -0.4 is 10.1 Å². The first-order chi connectivity index (χ1) is 17.3. The monoisotopic (exact) mass is 495 g/mol. The maximum absolute atomic E-state index is 14.6. The van der Waals surface area contributed by atoms with E-state index in [0.29, 0.717) is 35.4 Å². The number of piperidine rings is 1. The van der Waals surface area contributed by atoms with Crippen LogP contribution in [0.3, 0.4) is 0 Å². The number of amides is 3. The molecule has 9 heteroatoms. The minimum atomic E-state index is -0.699. The first-order valence-electron chi connectivity index (χ1n) is 12.3. The third kappa shape index (κ3) is 4.99. The number of nitrogens with zero attached hydrogens (tertiary/aromatic N) is 2. The number of nitrogens with one attached hydrogen (secondary N) is 1. The van der Waals surface area contributed by atoms with E-state index in [0.717, 1.165) is 18.7 Å². The summed E-state index contributed by atoms with van der Waals surface area (Å²) in [6, 6.07) is 9.54. The zero-order chi connectivity index (χ0) is 25.4. The van der Waals surface area contributed by atoms with Crippen LogP contribution in [0, 0.1) is 5.82 Å². The number of imide groups is 1. The molecule has 5 rings (SSSR count). The van der Waals surface area contributed by atoms with Gasteiger partial charge in [-0.25, -0.2) is 4.39 Å². The van der Waals surface area contributed by atoms with Crippen LogP contribution in [0.5, 0.6) is 5.75 Å². The summed E-state index contributed by atoms with van der Waals surface area (Å²) in [5.74, 6) is -0.927. The summed E-state index contributed by atoms with van der Waals surface area (Å²) in [5.41, 5.74) is 2.56. The van der Waals surface area contributed by atoms with E-state index in [-0.39, 0.29) is 49.4 Å². The highest BCUT2D eigenvalue weighted by Crippen LogP contribution is 2.34. The molecule has 3 atom stereocenters. The van der Waals surface area contributed by atoms with Gasteiger partial charge in [-0.05, 0) is 50.1 Å². The number of benzene rings is 2. The molecule has 0 saturated carbocycles. The SMILES string of the molecule is CC1CN(Cc2ccc(F)c(COc3cccc4c3CN(C3CCC(=O)NC3=O)C4=O)c2)CC(C)O1. The van der Waals surface area contributed by atoms with Crippen LogP contribution in [0.4, 0.5) is 4.39 Å². The van der Waals surface area contributed by atoms with E-state index >= 15 is 0 Å². The van der Waals surface area contributed by atoms with Crippen LogP contribution in [0.25, 0.3) is 0 Å². The molecule has 2 aromatic rings. The lowest BCUT2D eigenvalue weighted by Gasteiger charge is -2.35. The van der Waals surface area contributed by atoms with Gasteiger partial charge in [-0.2, -0.15) is 0 Å². The van der Waals surface area contributed by atoms with Crippen LogP contribution in [0.2, 0.25) is 0 Å². The molecule has 3 aliphatic heterocycles. The zero-order valence-electron chi connectivity index (χ0n) is 20.5. The molecule has 0 spiro atoms. The fourth-order valence-electron chi connectivity index (χ4n) is 5.36. The van der Waals surface area contributed by atoms with Crippen molar-refractivity contribution in [3.05, 3.63) is 64.5 Å². The molecule has 2 fully saturated rings. The number of hydrogen-bond donors (Lipinski definition) is 1. The Labute approximate surface area is 209 Å². The fraction of sp³-hybridized carbons (Fsp3) is 0.444. The maximum atomic E-state index is 14.6. The van der Waals surface area contributed by atoms with Crippen molar-refractivity contribution in [3.8, 4) is 5.75 Å². The Hall–Kier alpha value is -3.30. The third-order valence-corrected chi connectivity index (χ3v) is 6.93. The lowest BCUT2D eigenvalue weighted by Crippen LogP contribution is -2.52. The minimum absolute atomic E-state index is 0.0125. The van der Waals surface area contributed by atoms with Crippen molar-refractivity contribution in [3.63, 3.8) is 0 Å². The lowest BCUT2D eigenvalue weighted by molar-refractivity contribution is -0.136. The molecule has 3 unspecified atom stereocenters. The normalized spacial score (nSPS) is 24.6. The number of halogens is 1. The molecule has 8 nitrogen and oxygen atoms in total. The van der Waals surface area contributed by atoms with Gasteiger partial charge in [0, 0.05) is 42.7 Å². The first-order valence-corrected chi connectivity index (χ1v) is 12.3. The molecule has 2 aromatic carbocycles. The van der Waals surface area contributed by atoms with E-state index < -0.39 is 11.9 Å². The smallest absolute Gasteiger partial charge is 0.255 e. The second kappa shape index (κ2) is 9.99. The van der Waals surface area contributed by atoms with E-state index in [1.54, 1.807) is 24.3 Å². The Morgan fingerprint density at radius 1 is 1.11 bits per heavy atom. The van der Waals surface area contributed by atoms with E-state index in [9.17, 15) is 18.8 Å². The Kier molecular flexibility index (Phi) is 6.77. The average Bonchev–Trinajstić information content (AvgIpc) is 3.15. The molecule has 0 bridgehead atoms. The molecule has 0 aliphatic carbocycles. The van der Waals surface area contributed by atoms with Gasteiger partial charge < -0.3 is 14.4 Å². The van der Waals surface area contributed by atoms with Gasteiger partial charge in [0.2, 0.25) is 11.8 Å². The Morgan fingerprint density at radius 3 is 2.64 bits per heavy atom. The highest BCUT2D eigenvalue weighted by atomic mass is 19.1. The van der Waals surface area contributed by atoms with Crippen molar-refractivity contribution in [2.45, 2.75) is 64.6 Å². The predicted molar refractivity (Wildman–Crippen MR) is 129 cm³/mol. The molecule has 1 N–H and O–H groups in total. The van der Waals surface area contributed by atoms with Crippen molar-refractivity contribution in [2.24, 2.45) is 0 Å². The van der Waals surface area contributed by atoms with Crippen LogP contribution in [0.15, 0.2) is 36.4 Å². The van der Waals surface area contributed by atoms with Crippen molar-refractivity contribution in [2.75, 3.05) is 13.1 Å². The predicted octanol–water partition coefficient (Wildman–Crippen LogP) is 2.77. The standard InChI is InChI=1S/C27H30FN3O5/c1-16-11-30(12-17(2)36-16)13-18-6-7-22(28)19(10-18)15-35-24-5-3-4-20-21(24)14-31(27(20)34)23-8-9-25(32)29-26(23)33/h3-7,10,16-17,23H,8-9,11-15H2,1-2H3,(H,29,32,33). The van der Waals surface area contributed by atoms with Gasteiger partial charge >= 0.3 is 0 Å². The van der Waals surface area contributed by atoms with E-state index in [1.165, 1.54) is 11.0 Å². The maximum Gasteiger partial charge on any atom is 0.255 e. The van der Waals surface area contributed by atoms with Gasteiger partial charge in [-0.1, -0.05) is 12.1 Å². The summed E-state index contributed by atoms with van der Waals surface area (Å²) >= 11 is 0. The van der Waals surface area contributed by atoms with Gasteiger partial charge in [-0.3, -0.25) is 24.6 Å². The van der Waals surface area contributed by atoms with Gasteiger partial charge in [0.1, 0.15) is 24.2 Å². The summed E-state index contributed by atoms with van der Waals surface area (Å²) in [4.78, 5) is 40.6. The number of rotatable bonds is 6. The lowest BCUT2D eigenvalue weighted by atomic mass is 10.0. The van der Waals surface area contributed by atoms with Gasteiger partial charge in [-0.15, -0.1) is 0 Å². The summed E-state index contributed by atoms with van der Waals surface area (Å²) in [6.07, 6.45) is 0.788. The van der Waals surface area contributed by atoms with Gasteiger partial charge in [0.05, 0.1) is 18.8 Å². The number of hydrogen-bond acceptors (Lipinski definition) is 6. The quantitative estimate of drug-likeness (QED) is 0.620. The Morgan fingerprint density at radius 2 is 1.89 bits per heavy atom. The summed E-state index contributed by atoms with van der Waals surface area (Å²) in [7, 11) is 0. The summed E-state index contributed by atoms with van der Waals surface area (Å²) in [5, 5.41) is 2.31. The van der Waals surface area contributed by atoms with Crippen LogP contribution in [-0.2, 0) is 34.0 Å². The van der Waals surface area contributed by atoms with Gasteiger partial charge in [0.15, 0.2) is 0 Å². The third-order valence-electron chi connectivity index (χ3n) is 6.93. The van der Waals surface area contributed by atoms with Crippen molar-refractivity contribution in [1.82, 2.24) is 15.1 Å². The van der Waals surface area contributed by atoms with E-state index in [2.05, 4.69) is 24.1 Å². The highest BCUT2D eigenvalue weighted by molar-refractivity contribution is 6.05. The molecule has 3 amide bonds. The zero-order valence-corrected chi connectivity index (χ0v) is 20.5. The molecular weight excluding hydrogens is 465 g/mol. The number of carbonyl (C=O) groups is 3. The molecule has 0 radical (unpaired) electrons. The van der Waals surface area contributed by atoms with Crippen molar-refractivity contribution in [1.29, 1.82) is 0 Å². The van der Waals surface area contributed by atoms with Crippen LogP contribution in [-0.4, -0.2) is 58.9 Å². The van der Waals surface area contributed by atoms with Crippen molar-refractivity contribution < 1.29 is 28.2 Å². The van der Waals surface area contributed by atoms with Crippen molar-refractivity contribution >= 4 is 17.7 Å². The number of carbonyl (C=O) groups excluding carboxylic acids is 3. The second-order valence-electron chi connectivity index (χ2n) is 9.85. The average molecular weight is 496 g/mol. The van der Waals surface area contributed by atoms with E-state index in [4.69, 9.17) is 9.47 Å². The molecule has 36 heavy (non-hydrogen) atoms. The van der Waals surface area contributed by atoms with Crippen LogP contribution in [0.1, 0.15) is 53.7 Å². The molecule has 3 heterocycles. The number of morpholine rings is 1. The summed E-state index contributed by atoms with van der Waals surface area (Å²) < 4.78 is 26.5. The second-order valence-corrected chi connectivity index (χ2v) is 9.85. The van der Waals surface area contributed by atoms with Crippen LogP contribution >= 0.6 is 0 Å². The number of ether oxygens (including phenoxy) is 2. The molecule has 3 aliphatic rings. The Bertz CT molecular complexity index is 1190. The summed E-state index contributed by atoms with van der Waals surface area (Å²) in [6.45, 7) is 6.66. The molecule has 2 saturated heterocycles. The Balaban J connectivity index is 1.28. The molecule has 0 aromatic heterocycles.